The number of nitrogens with two attached hydrogens (primary N) is 1. The Balaban J connectivity index is 1.66. The van der Waals surface area contributed by atoms with Gasteiger partial charge in [-0.3, -0.25) is 14.5 Å². The van der Waals surface area contributed by atoms with Crippen molar-refractivity contribution in [3.63, 3.8) is 0 Å². The number of aliphatic hydroxyl groups excluding tert-OH is 1. The van der Waals surface area contributed by atoms with Gasteiger partial charge in [0.25, 0.3) is 0 Å². The Morgan fingerprint density at radius 2 is 1.30 bits per heavy atom. The van der Waals surface area contributed by atoms with Gasteiger partial charge < -0.3 is 30.9 Å². The maximum absolute atomic E-state index is 14.2. The molecule has 0 bridgehead atoms. The monoisotopic (exact) mass is 743 g/mol. The van der Waals surface area contributed by atoms with Crippen molar-refractivity contribution in [3.8, 4) is 0 Å². The van der Waals surface area contributed by atoms with Crippen LogP contribution in [0.1, 0.15) is 57.2 Å². The van der Waals surface area contributed by atoms with Gasteiger partial charge in [0.2, 0.25) is 11.8 Å². The summed E-state index contributed by atoms with van der Waals surface area (Å²) in [5.41, 5.74) is 8.74. The minimum atomic E-state index is -1.50. The molecule has 0 aliphatic carbocycles. The summed E-state index contributed by atoms with van der Waals surface area (Å²) in [6.45, 7) is 9.54. The lowest BCUT2D eigenvalue weighted by Crippen LogP contribution is -2.63. The normalized spacial score (nSPS) is 15.9. The van der Waals surface area contributed by atoms with E-state index in [1.807, 2.05) is 91.0 Å². The SMILES string of the molecule is CC(C)[C@H](N)C(=O)N(C(=O)OCCN1CCCC1)C(Cc1ccccc1)C(O)C(Cc1ccccc1)NC(=O)[C@@H](NC(=O)OCc1ccccc1)C(C)C. The summed E-state index contributed by atoms with van der Waals surface area (Å²) in [5.74, 6) is -1.95. The van der Waals surface area contributed by atoms with Crippen LogP contribution < -0.4 is 16.4 Å². The van der Waals surface area contributed by atoms with Gasteiger partial charge in [-0.1, -0.05) is 119 Å². The third-order valence-electron chi connectivity index (χ3n) is 9.76. The van der Waals surface area contributed by atoms with Crippen LogP contribution in [0.15, 0.2) is 91.0 Å². The van der Waals surface area contributed by atoms with E-state index in [0.29, 0.717) is 6.54 Å². The summed E-state index contributed by atoms with van der Waals surface area (Å²) >= 11 is 0. The Morgan fingerprint density at radius 3 is 1.83 bits per heavy atom. The number of aliphatic hydroxyl groups is 1. The lowest BCUT2D eigenvalue weighted by Gasteiger charge is -2.38. The molecule has 3 aromatic carbocycles. The van der Waals surface area contributed by atoms with Crippen LogP contribution in [0.25, 0.3) is 0 Å². The van der Waals surface area contributed by atoms with Gasteiger partial charge >= 0.3 is 12.2 Å². The molecule has 1 aliphatic heterocycles. The van der Waals surface area contributed by atoms with E-state index in [9.17, 15) is 24.3 Å². The smallest absolute Gasteiger partial charge is 0.416 e. The highest BCUT2D eigenvalue weighted by molar-refractivity contribution is 5.95. The summed E-state index contributed by atoms with van der Waals surface area (Å²) in [7, 11) is 0. The summed E-state index contributed by atoms with van der Waals surface area (Å²) in [5, 5.41) is 18.1. The molecule has 292 valence electrons. The summed E-state index contributed by atoms with van der Waals surface area (Å²) in [6, 6.07) is 23.3. The van der Waals surface area contributed by atoms with Gasteiger partial charge in [-0.15, -0.1) is 0 Å². The average molecular weight is 744 g/mol. The molecule has 1 saturated heterocycles. The zero-order chi connectivity index (χ0) is 39.0. The molecule has 1 fully saturated rings. The Bertz CT molecular complexity index is 1600. The maximum atomic E-state index is 14.2. The summed E-state index contributed by atoms with van der Waals surface area (Å²) in [6.07, 6.45) is -0.841. The number of carbonyl (C=O) groups is 4. The molecular formula is C42H57N5O7. The molecule has 3 aromatic rings. The number of likely N-dealkylation sites (tertiary alicyclic amines) is 1. The molecule has 12 heteroatoms. The predicted molar refractivity (Wildman–Crippen MR) is 207 cm³/mol. The zero-order valence-corrected chi connectivity index (χ0v) is 31.9. The van der Waals surface area contributed by atoms with Crippen LogP contribution in [-0.2, 0) is 38.5 Å². The lowest BCUT2D eigenvalue weighted by atomic mass is 9.90. The van der Waals surface area contributed by atoms with Crippen LogP contribution in [-0.4, -0.2) is 95.4 Å². The molecule has 0 saturated carbocycles. The number of nitrogens with zero attached hydrogens (tertiary/aromatic N) is 2. The van der Waals surface area contributed by atoms with E-state index in [-0.39, 0.29) is 37.9 Å². The minimum Gasteiger partial charge on any atom is -0.448 e. The van der Waals surface area contributed by atoms with Gasteiger partial charge in [0, 0.05) is 6.54 Å². The molecule has 1 aliphatic rings. The predicted octanol–water partition coefficient (Wildman–Crippen LogP) is 4.68. The summed E-state index contributed by atoms with van der Waals surface area (Å²) in [4.78, 5) is 58.4. The van der Waals surface area contributed by atoms with Gasteiger partial charge in [-0.2, -0.15) is 0 Å². The standard InChI is InChI=1S/C42H57N5O7/c1-29(2)36(43)40(50)47(42(52)53-25-24-46-22-14-15-23-46)35(27-32-18-10-6-11-19-32)38(48)34(26-31-16-8-5-9-17-31)44-39(49)37(30(3)4)45-41(51)54-28-33-20-12-7-13-21-33/h5-13,16-21,29-30,34-38,48H,14-15,22-28,43H2,1-4H3,(H,44,49)(H,45,51)/t34?,35?,36-,37-,38?/m0/s1. The van der Waals surface area contributed by atoms with Crippen molar-refractivity contribution in [1.82, 2.24) is 20.4 Å². The van der Waals surface area contributed by atoms with Crippen LogP contribution in [0.5, 0.6) is 0 Å². The van der Waals surface area contributed by atoms with Crippen molar-refractivity contribution in [2.45, 2.75) is 90.3 Å². The van der Waals surface area contributed by atoms with Crippen LogP contribution in [0.3, 0.4) is 0 Å². The molecular weight excluding hydrogens is 686 g/mol. The Hall–Kier alpha value is -4.78. The molecule has 5 N–H and O–H groups in total. The third-order valence-corrected chi connectivity index (χ3v) is 9.76. The highest BCUT2D eigenvalue weighted by atomic mass is 16.6. The van der Waals surface area contributed by atoms with Gasteiger partial charge in [0.1, 0.15) is 19.3 Å². The quantitative estimate of drug-likeness (QED) is 0.145. The topological polar surface area (TPSA) is 164 Å². The summed E-state index contributed by atoms with van der Waals surface area (Å²) < 4.78 is 11.2. The maximum Gasteiger partial charge on any atom is 0.416 e. The number of rotatable bonds is 18. The van der Waals surface area contributed by atoms with E-state index in [0.717, 1.165) is 47.5 Å². The number of amides is 4. The van der Waals surface area contributed by atoms with Crippen molar-refractivity contribution in [1.29, 1.82) is 0 Å². The van der Waals surface area contributed by atoms with E-state index in [1.165, 1.54) is 0 Å². The van der Waals surface area contributed by atoms with Gasteiger partial charge in [-0.05, 0) is 67.3 Å². The molecule has 54 heavy (non-hydrogen) atoms. The van der Waals surface area contributed by atoms with Gasteiger partial charge in [0.15, 0.2) is 0 Å². The molecule has 0 spiro atoms. The molecule has 1 heterocycles. The van der Waals surface area contributed by atoms with Crippen LogP contribution in [0, 0.1) is 11.8 Å². The first-order chi connectivity index (χ1) is 25.9. The fourth-order valence-electron chi connectivity index (χ4n) is 6.49. The molecule has 0 radical (unpaired) electrons. The number of imide groups is 1. The second-order valence-corrected chi connectivity index (χ2v) is 14.6. The second kappa shape index (κ2) is 21.2. The Morgan fingerprint density at radius 1 is 0.759 bits per heavy atom. The lowest BCUT2D eigenvalue weighted by molar-refractivity contribution is -0.137. The van der Waals surface area contributed by atoms with E-state index >= 15 is 0 Å². The van der Waals surface area contributed by atoms with Crippen molar-refractivity contribution in [3.05, 3.63) is 108 Å². The number of hydrogen-bond donors (Lipinski definition) is 4. The van der Waals surface area contributed by atoms with E-state index in [1.54, 1.807) is 27.7 Å². The first-order valence-corrected chi connectivity index (χ1v) is 19.0. The number of carbonyl (C=O) groups excluding carboxylic acids is 4. The number of benzene rings is 3. The van der Waals surface area contributed by atoms with E-state index in [2.05, 4.69) is 15.5 Å². The van der Waals surface area contributed by atoms with Crippen molar-refractivity contribution < 1.29 is 33.8 Å². The molecule has 3 unspecified atom stereocenters. The zero-order valence-electron chi connectivity index (χ0n) is 31.9. The molecule has 4 rings (SSSR count). The number of hydrogen-bond acceptors (Lipinski definition) is 9. The van der Waals surface area contributed by atoms with Gasteiger partial charge in [-0.25, -0.2) is 14.5 Å². The average Bonchev–Trinajstić information content (AvgIpc) is 3.69. The van der Waals surface area contributed by atoms with Crippen LogP contribution >= 0.6 is 0 Å². The van der Waals surface area contributed by atoms with Crippen LogP contribution in [0.2, 0.25) is 0 Å². The van der Waals surface area contributed by atoms with Crippen molar-refractivity contribution in [2.24, 2.45) is 17.6 Å². The van der Waals surface area contributed by atoms with E-state index < -0.39 is 54.3 Å². The Labute approximate surface area is 319 Å². The van der Waals surface area contributed by atoms with Crippen molar-refractivity contribution in [2.75, 3.05) is 26.2 Å². The van der Waals surface area contributed by atoms with Crippen LogP contribution in [0.4, 0.5) is 9.59 Å². The first kappa shape index (κ1) is 42.0. The van der Waals surface area contributed by atoms with E-state index in [4.69, 9.17) is 15.2 Å². The highest BCUT2D eigenvalue weighted by Gasteiger charge is 2.42. The van der Waals surface area contributed by atoms with Crippen molar-refractivity contribution >= 4 is 24.0 Å². The van der Waals surface area contributed by atoms with Gasteiger partial charge in [0.05, 0.1) is 24.2 Å². The molecule has 12 nitrogen and oxygen atoms in total. The number of alkyl carbamates (subject to hydrolysis) is 1. The Kier molecular flexibility index (Phi) is 16.5. The highest BCUT2D eigenvalue weighted by Crippen LogP contribution is 2.22. The first-order valence-electron chi connectivity index (χ1n) is 19.0. The molecule has 0 aromatic heterocycles. The third kappa shape index (κ3) is 12.7. The fraction of sp³-hybridized carbons (Fsp3) is 0.476. The fourth-order valence-corrected chi connectivity index (χ4v) is 6.49. The second-order valence-electron chi connectivity index (χ2n) is 14.6. The molecule has 5 atom stereocenters. The molecule has 4 amide bonds. The number of nitrogens with one attached hydrogen (secondary N) is 2. The largest absolute Gasteiger partial charge is 0.448 e. The number of ether oxygens (including phenoxy) is 2. The minimum absolute atomic E-state index is 0.0200.